The molecule has 0 N–H and O–H groups in total. The molecule has 8 nitrogen and oxygen atoms in total. The predicted octanol–water partition coefficient (Wildman–Crippen LogP) is 2.34. The summed E-state index contributed by atoms with van der Waals surface area (Å²) in [5.74, 6) is 4.55. The van der Waals surface area contributed by atoms with Gasteiger partial charge in [-0.25, -0.2) is 15.0 Å². The van der Waals surface area contributed by atoms with Crippen LogP contribution in [0.25, 0.3) is 0 Å². The van der Waals surface area contributed by atoms with Crippen molar-refractivity contribution in [2.45, 2.75) is 51.1 Å². The number of hydrogen-bond donors (Lipinski definition) is 0. The molecule has 0 atom stereocenters. The zero-order valence-corrected chi connectivity index (χ0v) is 15.6. The van der Waals surface area contributed by atoms with Crippen LogP contribution in [-0.4, -0.2) is 47.4 Å². The molecule has 2 aliphatic rings. The fraction of sp³-hybridized carbons (Fsp3) is 0.526. The van der Waals surface area contributed by atoms with Gasteiger partial charge in [-0.3, -0.25) is 0 Å². The van der Waals surface area contributed by atoms with E-state index in [2.05, 4.69) is 39.2 Å². The van der Waals surface area contributed by atoms with Crippen molar-refractivity contribution < 1.29 is 0 Å². The number of rotatable bonds is 5. The Hall–Kier alpha value is -2.77. The van der Waals surface area contributed by atoms with E-state index in [9.17, 15) is 0 Å². The van der Waals surface area contributed by atoms with Crippen LogP contribution in [0.4, 0.5) is 5.82 Å². The van der Waals surface area contributed by atoms with Gasteiger partial charge in [0.2, 0.25) is 0 Å². The zero-order chi connectivity index (χ0) is 18.2. The Kier molecular flexibility index (Phi) is 4.10. The van der Waals surface area contributed by atoms with Crippen LogP contribution in [0.5, 0.6) is 0 Å². The maximum Gasteiger partial charge on any atom is 0.153 e. The quantitative estimate of drug-likeness (QED) is 0.691. The maximum atomic E-state index is 4.63. The lowest BCUT2D eigenvalue weighted by molar-refractivity contribution is 0.459. The monoisotopic (exact) mass is 364 g/mol. The van der Waals surface area contributed by atoms with E-state index < -0.39 is 0 Å². The Morgan fingerprint density at radius 3 is 2.63 bits per heavy atom. The van der Waals surface area contributed by atoms with Crippen molar-refractivity contribution in [3.05, 3.63) is 48.5 Å². The Morgan fingerprint density at radius 2 is 1.93 bits per heavy atom. The van der Waals surface area contributed by atoms with Crippen LogP contribution in [-0.2, 0) is 6.54 Å². The number of anilines is 1. The van der Waals surface area contributed by atoms with Crippen LogP contribution in [0, 0.1) is 6.92 Å². The molecule has 0 aromatic carbocycles. The van der Waals surface area contributed by atoms with Gasteiger partial charge in [0, 0.05) is 43.6 Å². The van der Waals surface area contributed by atoms with Gasteiger partial charge in [-0.15, -0.1) is 10.2 Å². The molecule has 1 saturated carbocycles. The van der Waals surface area contributed by atoms with Gasteiger partial charge in [0.1, 0.15) is 17.5 Å². The third-order valence-electron chi connectivity index (χ3n) is 5.53. The van der Waals surface area contributed by atoms with Gasteiger partial charge in [0.05, 0.1) is 12.9 Å². The molecule has 2 fully saturated rings. The van der Waals surface area contributed by atoms with Crippen LogP contribution in [0.15, 0.2) is 31.0 Å². The molecule has 140 valence electrons. The number of imidazole rings is 1. The highest BCUT2D eigenvalue weighted by molar-refractivity contribution is 5.38. The average molecular weight is 364 g/mol. The van der Waals surface area contributed by atoms with Crippen molar-refractivity contribution in [3.63, 3.8) is 0 Å². The van der Waals surface area contributed by atoms with Crippen LogP contribution in [0.2, 0.25) is 0 Å². The van der Waals surface area contributed by atoms with E-state index in [1.165, 1.54) is 18.7 Å². The van der Waals surface area contributed by atoms with Gasteiger partial charge in [-0.05, 0) is 38.7 Å². The zero-order valence-electron chi connectivity index (χ0n) is 15.6. The van der Waals surface area contributed by atoms with E-state index >= 15 is 0 Å². The highest BCUT2D eigenvalue weighted by atomic mass is 15.3. The summed E-state index contributed by atoms with van der Waals surface area (Å²) in [6.45, 7) is 4.67. The highest BCUT2D eigenvalue weighted by Crippen LogP contribution is 2.40. The average Bonchev–Trinajstić information content (AvgIpc) is 3.23. The van der Waals surface area contributed by atoms with Crippen molar-refractivity contribution in [2.24, 2.45) is 0 Å². The second kappa shape index (κ2) is 6.75. The van der Waals surface area contributed by atoms with Crippen LogP contribution in [0.3, 0.4) is 0 Å². The van der Waals surface area contributed by atoms with Crippen molar-refractivity contribution in [2.75, 3.05) is 18.0 Å². The first-order valence-electron chi connectivity index (χ1n) is 9.72. The number of nitrogens with zero attached hydrogens (tertiary/aromatic N) is 8. The number of hydrogen-bond acceptors (Lipinski definition) is 6. The molecule has 0 bridgehead atoms. The number of aromatic nitrogens is 7. The smallest absolute Gasteiger partial charge is 0.153 e. The molecule has 3 aromatic heterocycles. The topological polar surface area (TPSA) is 77.5 Å². The standard InChI is InChI=1S/C19H24N8/c1-14-21-7-4-17(22-14)26-9-5-15(6-10-26)19-24-23-18(27(19)16-2-3-16)12-25-11-8-20-13-25/h4,7-8,11,13,15-16H,2-3,5-6,9-10,12H2,1H3. The molecule has 1 aliphatic heterocycles. The molecule has 3 aromatic rings. The molecular weight excluding hydrogens is 340 g/mol. The predicted molar refractivity (Wildman–Crippen MR) is 101 cm³/mol. The maximum absolute atomic E-state index is 4.63. The lowest BCUT2D eigenvalue weighted by Crippen LogP contribution is -2.34. The molecule has 0 unspecified atom stereocenters. The van der Waals surface area contributed by atoms with Gasteiger partial charge in [-0.1, -0.05) is 0 Å². The first-order chi connectivity index (χ1) is 13.3. The van der Waals surface area contributed by atoms with Gasteiger partial charge < -0.3 is 14.0 Å². The summed E-state index contributed by atoms with van der Waals surface area (Å²) < 4.78 is 4.47. The summed E-state index contributed by atoms with van der Waals surface area (Å²) in [6, 6.07) is 2.58. The SMILES string of the molecule is Cc1nccc(N2CCC(c3nnc(Cn4ccnc4)n3C3CC3)CC2)n1. The second-order valence-corrected chi connectivity index (χ2v) is 7.53. The minimum atomic E-state index is 0.467. The fourth-order valence-corrected chi connectivity index (χ4v) is 3.98. The summed E-state index contributed by atoms with van der Waals surface area (Å²) in [6.07, 6.45) is 12.1. The van der Waals surface area contributed by atoms with Crippen molar-refractivity contribution >= 4 is 5.82 Å². The van der Waals surface area contributed by atoms with Crippen LogP contribution >= 0.6 is 0 Å². The fourth-order valence-electron chi connectivity index (χ4n) is 3.98. The van der Waals surface area contributed by atoms with E-state index in [1.807, 2.05) is 37.9 Å². The van der Waals surface area contributed by atoms with E-state index in [4.69, 9.17) is 0 Å². The summed E-state index contributed by atoms with van der Waals surface area (Å²) in [5, 5.41) is 9.17. The Labute approximate surface area is 158 Å². The molecule has 8 heteroatoms. The summed E-state index contributed by atoms with van der Waals surface area (Å²) in [7, 11) is 0. The largest absolute Gasteiger partial charge is 0.356 e. The van der Waals surface area contributed by atoms with E-state index in [0.29, 0.717) is 12.0 Å². The first kappa shape index (κ1) is 16.4. The molecule has 1 aliphatic carbocycles. The minimum absolute atomic E-state index is 0.467. The van der Waals surface area contributed by atoms with Crippen molar-refractivity contribution in [1.82, 2.24) is 34.3 Å². The Balaban J connectivity index is 1.33. The Bertz CT molecular complexity index is 904. The van der Waals surface area contributed by atoms with Crippen LogP contribution < -0.4 is 4.90 Å². The molecule has 27 heavy (non-hydrogen) atoms. The van der Waals surface area contributed by atoms with Gasteiger partial charge in [0.25, 0.3) is 0 Å². The Morgan fingerprint density at radius 1 is 1.07 bits per heavy atom. The number of piperidine rings is 1. The normalized spacial score (nSPS) is 18.2. The van der Waals surface area contributed by atoms with E-state index in [-0.39, 0.29) is 0 Å². The van der Waals surface area contributed by atoms with E-state index in [1.54, 1.807) is 0 Å². The third-order valence-corrected chi connectivity index (χ3v) is 5.53. The van der Waals surface area contributed by atoms with Gasteiger partial charge in [0.15, 0.2) is 5.82 Å². The van der Waals surface area contributed by atoms with E-state index in [0.717, 1.165) is 49.9 Å². The molecule has 4 heterocycles. The molecule has 5 rings (SSSR count). The van der Waals surface area contributed by atoms with Crippen LogP contribution in [0.1, 0.15) is 55.1 Å². The van der Waals surface area contributed by atoms with Crippen molar-refractivity contribution in [3.8, 4) is 0 Å². The third kappa shape index (κ3) is 3.31. The van der Waals surface area contributed by atoms with Crippen molar-refractivity contribution in [1.29, 1.82) is 0 Å². The summed E-state index contributed by atoms with van der Waals surface area (Å²) in [5.41, 5.74) is 0. The van der Waals surface area contributed by atoms with Gasteiger partial charge >= 0.3 is 0 Å². The second-order valence-electron chi connectivity index (χ2n) is 7.53. The molecule has 0 amide bonds. The number of aryl methyl sites for hydroxylation is 1. The molecule has 0 spiro atoms. The molecule has 0 radical (unpaired) electrons. The lowest BCUT2D eigenvalue weighted by Gasteiger charge is -2.32. The molecular formula is C19H24N8. The summed E-state index contributed by atoms with van der Waals surface area (Å²) in [4.78, 5) is 15.3. The van der Waals surface area contributed by atoms with Gasteiger partial charge in [-0.2, -0.15) is 0 Å². The minimum Gasteiger partial charge on any atom is -0.356 e. The molecule has 1 saturated heterocycles. The lowest BCUT2D eigenvalue weighted by atomic mass is 9.95. The first-order valence-corrected chi connectivity index (χ1v) is 9.72. The summed E-state index contributed by atoms with van der Waals surface area (Å²) >= 11 is 0. The highest BCUT2D eigenvalue weighted by Gasteiger charge is 2.33.